The number of nitrogens with zero attached hydrogens (tertiary/aromatic N) is 2. The molecule has 0 amide bonds. The van der Waals surface area contributed by atoms with Crippen LogP contribution in [0.25, 0.3) is 0 Å². The number of aromatic nitrogens is 1. The number of nitriles is 1. The lowest BCUT2D eigenvalue weighted by atomic mass is 10.1. The molecule has 0 bridgehead atoms. The second-order valence-electron chi connectivity index (χ2n) is 4.14. The number of pyridine rings is 1. The highest BCUT2D eigenvalue weighted by Crippen LogP contribution is 2.27. The molecule has 2 N–H and O–H groups in total. The van der Waals surface area contributed by atoms with Crippen molar-refractivity contribution in [3.63, 3.8) is 0 Å². The molecule has 1 aromatic heterocycles. The van der Waals surface area contributed by atoms with Gasteiger partial charge in [0.15, 0.2) is 0 Å². The highest BCUT2D eigenvalue weighted by molar-refractivity contribution is 5.39. The van der Waals surface area contributed by atoms with Gasteiger partial charge in [-0.15, -0.1) is 0 Å². The molecule has 16 heavy (non-hydrogen) atoms. The van der Waals surface area contributed by atoms with E-state index in [-0.39, 0.29) is 12.6 Å². The molecule has 0 saturated heterocycles. The van der Waals surface area contributed by atoms with E-state index in [1.54, 1.807) is 6.07 Å². The minimum absolute atomic E-state index is 0.218. The summed E-state index contributed by atoms with van der Waals surface area (Å²) >= 11 is 0. The normalized spacial score (nSPS) is 24.0. The fourth-order valence-electron chi connectivity index (χ4n) is 2.21. The van der Waals surface area contributed by atoms with Crippen molar-refractivity contribution in [1.29, 1.82) is 5.26 Å². The minimum Gasteiger partial charge on any atom is -0.396 e. The molecule has 1 aliphatic carbocycles. The van der Waals surface area contributed by atoms with Crippen molar-refractivity contribution in [2.24, 2.45) is 5.92 Å². The zero-order valence-corrected chi connectivity index (χ0v) is 9.06. The first-order chi connectivity index (χ1) is 7.83. The summed E-state index contributed by atoms with van der Waals surface area (Å²) in [5, 5.41) is 21.2. The number of anilines is 1. The Hall–Kier alpha value is -1.60. The molecular formula is C12H15N3O. The summed E-state index contributed by atoms with van der Waals surface area (Å²) in [4.78, 5) is 4.17. The Balaban J connectivity index is 2.06. The average Bonchev–Trinajstić information content (AvgIpc) is 2.76. The molecule has 1 heterocycles. The lowest BCUT2D eigenvalue weighted by Gasteiger charge is -2.19. The van der Waals surface area contributed by atoms with E-state index in [9.17, 15) is 5.11 Å². The van der Waals surface area contributed by atoms with Crippen LogP contribution in [-0.2, 0) is 0 Å². The Bertz CT molecular complexity index is 399. The van der Waals surface area contributed by atoms with E-state index in [4.69, 9.17) is 5.26 Å². The van der Waals surface area contributed by atoms with E-state index in [1.165, 1.54) is 0 Å². The van der Waals surface area contributed by atoms with Gasteiger partial charge in [-0.2, -0.15) is 5.26 Å². The number of rotatable bonds is 3. The van der Waals surface area contributed by atoms with Gasteiger partial charge < -0.3 is 10.4 Å². The lowest BCUT2D eigenvalue weighted by Crippen LogP contribution is -2.26. The largest absolute Gasteiger partial charge is 0.396 e. The summed E-state index contributed by atoms with van der Waals surface area (Å²) in [6, 6.07) is 7.66. The average molecular weight is 217 g/mol. The second kappa shape index (κ2) is 4.95. The molecule has 84 valence electrons. The molecule has 0 spiro atoms. The monoisotopic (exact) mass is 217 g/mol. The van der Waals surface area contributed by atoms with Crippen molar-refractivity contribution in [1.82, 2.24) is 4.98 Å². The summed E-state index contributed by atoms with van der Waals surface area (Å²) in [5.41, 5.74) is 0.420. The summed E-state index contributed by atoms with van der Waals surface area (Å²) in [5.74, 6) is 1.04. The molecule has 4 nitrogen and oxygen atoms in total. The van der Waals surface area contributed by atoms with Crippen LogP contribution in [0, 0.1) is 17.2 Å². The Kier molecular flexibility index (Phi) is 3.37. The van der Waals surface area contributed by atoms with Crippen LogP contribution in [0.5, 0.6) is 0 Å². The van der Waals surface area contributed by atoms with Gasteiger partial charge >= 0.3 is 0 Å². The highest BCUT2D eigenvalue weighted by atomic mass is 16.3. The zero-order chi connectivity index (χ0) is 11.4. The van der Waals surface area contributed by atoms with E-state index < -0.39 is 0 Å². The molecule has 4 heteroatoms. The molecule has 2 atom stereocenters. The fourth-order valence-corrected chi connectivity index (χ4v) is 2.21. The van der Waals surface area contributed by atoms with E-state index in [0.29, 0.717) is 11.6 Å². The van der Waals surface area contributed by atoms with Crippen LogP contribution in [0.15, 0.2) is 18.2 Å². The van der Waals surface area contributed by atoms with Crippen molar-refractivity contribution >= 4 is 5.82 Å². The fraction of sp³-hybridized carbons (Fsp3) is 0.500. The van der Waals surface area contributed by atoms with E-state index in [1.807, 2.05) is 18.2 Å². The number of hydrogen-bond donors (Lipinski definition) is 2. The van der Waals surface area contributed by atoms with Crippen molar-refractivity contribution in [2.75, 3.05) is 11.9 Å². The molecule has 1 aliphatic rings. The Morgan fingerprint density at radius 3 is 3.12 bits per heavy atom. The third kappa shape index (κ3) is 2.31. The Morgan fingerprint density at radius 1 is 1.50 bits per heavy atom. The van der Waals surface area contributed by atoms with Gasteiger partial charge in [0, 0.05) is 18.6 Å². The predicted octanol–water partition coefficient (Wildman–Crippen LogP) is 1.53. The van der Waals surface area contributed by atoms with Gasteiger partial charge in [-0.3, -0.25) is 0 Å². The molecule has 2 rings (SSSR count). The maximum atomic E-state index is 9.20. The predicted molar refractivity (Wildman–Crippen MR) is 60.8 cm³/mol. The van der Waals surface area contributed by atoms with Crippen molar-refractivity contribution < 1.29 is 5.11 Å². The van der Waals surface area contributed by atoms with Crippen LogP contribution in [0.4, 0.5) is 5.82 Å². The minimum atomic E-state index is 0.218. The van der Waals surface area contributed by atoms with Gasteiger partial charge in [0.05, 0.1) is 0 Å². The lowest BCUT2D eigenvalue weighted by molar-refractivity contribution is 0.222. The van der Waals surface area contributed by atoms with Crippen molar-refractivity contribution in [2.45, 2.75) is 25.3 Å². The van der Waals surface area contributed by atoms with E-state index in [2.05, 4.69) is 10.3 Å². The molecule has 0 radical (unpaired) electrons. The van der Waals surface area contributed by atoms with Gasteiger partial charge in [-0.05, 0) is 25.0 Å². The number of aliphatic hydroxyl groups excluding tert-OH is 1. The highest BCUT2D eigenvalue weighted by Gasteiger charge is 2.26. The first-order valence-electron chi connectivity index (χ1n) is 5.58. The molecule has 0 aromatic carbocycles. The first-order valence-corrected chi connectivity index (χ1v) is 5.58. The van der Waals surface area contributed by atoms with Crippen LogP contribution in [0.2, 0.25) is 0 Å². The van der Waals surface area contributed by atoms with Crippen LogP contribution in [0.1, 0.15) is 25.0 Å². The quantitative estimate of drug-likeness (QED) is 0.805. The van der Waals surface area contributed by atoms with Crippen molar-refractivity contribution in [3.8, 4) is 6.07 Å². The maximum Gasteiger partial charge on any atom is 0.142 e. The SMILES string of the molecule is N#Cc1cccc(NC2CCCC2CO)n1. The zero-order valence-electron chi connectivity index (χ0n) is 9.06. The number of hydrogen-bond acceptors (Lipinski definition) is 4. The molecule has 2 unspecified atom stereocenters. The summed E-state index contributed by atoms with van der Waals surface area (Å²) in [6.45, 7) is 0.218. The van der Waals surface area contributed by atoms with E-state index >= 15 is 0 Å². The van der Waals surface area contributed by atoms with Gasteiger partial charge in [0.25, 0.3) is 0 Å². The van der Waals surface area contributed by atoms with Gasteiger partial charge in [-0.1, -0.05) is 12.5 Å². The van der Waals surface area contributed by atoms with Crippen LogP contribution in [-0.4, -0.2) is 22.7 Å². The van der Waals surface area contributed by atoms with Gasteiger partial charge in [-0.25, -0.2) is 4.98 Å². The van der Waals surface area contributed by atoms with Gasteiger partial charge in [0.2, 0.25) is 0 Å². The standard InChI is InChI=1S/C12H15N3O/c13-7-10-4-2-6-12(14-10)15-11-5-1-3-9(11)8-16/h2,4,6,9,11,16H,1,3,5,8H2,(H,14,15). The molecule has 1 aromatic rings. The van der Waals surface area contributed by atoms with Crippen molar-refractivity contribution in [3.05, 3.63) is 23.9 Å². The van der Waals surface area contributed by atoms with Crippen LogP contribution in [0.3, 0.4) is 0 Å². The Morgan fingerprint density at radius 2 is 2.38 bits per heavy atom. The third-order valence-electron chi connectivity index (χ3n) is 3.09. The van der Waals surface area contributed by atoms with E-state index in [0.717, 1.165) is 25.1 Å². The van der Waals surface area contributed by atoms with Gasteiger partial charge in [0.1, 0.15) is 17.6 Å². The molecule has 1 fully saturated rings. The number of aliphatic hydroxyl groups is 1. The smallest absolute Gasteiger partial charge is 0.142 e. The second-order valence-corrected chi connectivity index (χ2v) is 4.14. The summed E-state index contributed by atoms with van der Waals surface area (Å²) in [6.07, 6.45) is 3.26. The maximum absolute atomic E-state index is 9.20. The molecule has 1 saturated carbocycles. The topological polar surface area (TPSA) is 68.9 Å². The van der Waals surface area contributed by atoms with Crippen LogP contribution >= 0.6 is 0 Å². The summed E-state index contributed by atoms with van der Waals surface area (Å²) in [7, 11) is 0. The molecule has 0 aliphatic heterocycles. The van der Waals surface area contributed by atoms with Crippen LogP contribution < -0.4 is 5.32 Å². The third-order valence-corrected chi connectivity index (χ3v) is 3.09. The summed E-state index contributed by atoms with van der Waals surface area (Å²) < 4.78 is 0. The Labute approximate surface area is 94.9 Å². The first kappa shape index (κ1) is 10.9. The molecular weight excluding hydrogens is 202 g/mol. The number of nitrogens with one attached hydrogen (secondary N) is 1.